The number of carbonyl (C=O) groups is 1. The monoisotopic (exact) mass is 298 g/mol. The Kier molecular flexibility index (Phi) is 2.65. The van der Waals surface area contributed by atoms with Gasteiger partial charge < -0.3 is 9.47 Å². The van der Waals surface area contributed by atoms with Gasteiger partial charge in [0, 0.05) is 0 Å². The molecule has 9 nitrogen and oxygen atoms in total. The zero-order valence-corrected chi connectivity index (χ0v) is 11.5. The Morgan fingerprint density at radius 1 is 1.32 bits per heavy atom. The summed E-state index contributed by atoms with van der Waals surface area (Å²) >= 11 is 0. The minimum absolute atomic E-state index is 0.110. The fourth-order valence-electron chi connectivity index (χ4n) is 2.24. The smallest absolute Gasteiger partial charge is 0.293 e. The number of benzene rings is 1. The number of anilines is 1. The van der Waals surface area contributed by atoms with Gasteiger partial charge in [-0.1, -0.05) is 11.2 Å². The first-order chi connectivity index (χ1) is 10.7. The first kappa shape index (κ1) is 12.5. The Morgan fingerprint density at radius 3 is 3.00 bits per heavy atom. The number of amides is 1. The maximum atomic E-state index is 12.4. The van der Waals surface area contributed by atoms with Crippen molar-refractivity contribution in [2.24, 2.45) is 5.10 Å². The second kappa shape index (κ2) is 4.65. The van der Waals surface area contributed by atoms with Crippen LogP contribution in [0.3, 0.4) is 0 Å². The third-order valence-corrected chi connectivity index (χ3v) is 3.29. The third-order valence-electron chi connectivity index (χ3n) is 3.29. The largest absolute Gasteiger partial charge is 0.454 e. The quantitative estimate of drug-likeness (QED) is 0.819. The molecule has 0 bridgehead atoms. The first-order valence-electron chi connectivity index (χ1n) is 6.47. The molecule has 0 saturated carbocycles. The molecule has 1 N–H and O–H groups in total. The second-order valence-corrected chi connectivity index (χ2v) is 4.68. The molecule has 0 spiro atoms. The van der Waals surface area contributed by atoms with Crippen LogP contribution in [0.5, 0.6) is 11.5 Å². The Bertz CT molecular complexity index is 811. The summed E-state index contributed by atoms with van der Waals surface area (Å²) in [6, 6.07) is 5.46. The number of hydrogen-bond acceptors (Lipinski definition) is 7. The van der Waals surface area contributed by atoms with E-state index in [0.717, 1.165) is 10.6 Å². The standard InChI is InChI=1S/C13H10N6O3/c1-7-9(12(20)19(16-7)13-14-17-18-15-13)4-8-2-3-10-11(5-8)22-6-21-10/h2-5H,6H2,1H3,(H,14,15,17,18). The summed E-state index contributed by atoms with van der Waals surface area (Å²) in [4.78, 5) is 12.4. The minimum atomic E-state index is -0.309. The Hall–Kier alpha value is -3.23. The van der Waals surface area contributed by atoms with Gasteiger partial charge >= 0.3 is 0 Å². The maximum Gasteiger partial charge on any atom is 0.293 e. The van der Waals surface area contributed by atoms with Crippen LogP contribution in [-0.4, -0.2) is 39.0 Å². The Morgan fingerprint density at radius 2 is 2.18 bits per heavy atom. The summed E-state index contributed by atoms with van der Waals surface area (Å²) < 4.78 is 10.6. The predicted octanol–water partition coefficient (Wildman–Crippen LogP) is 0.734. The van der Waals surface area contributed by atoms with Gasteiger partial charge in [0.25, 0.3) is 11.9 Å². The molecular formula is C13H10N6O3. The molecule has 3 heterocycles. The van der Waals surface area contributed by atoms with E-state index in [9.17, 15) is 4.79 Å². The number of nitrogens with one attached hydrogen (secondary N) is 1. The highest BCUT2D eigenvalue weighted by molar-refractivity contribution is 6.31. The van der Waals surface area contributed by atoms with Crippen molar-refractivity contribution in [3.8, 4) is 11.5 Å². The zero-order valence-electron chi connectivity index (χ0n) is 11.5. The summed E-state index contributed by atoms with van der Waals surface area (Å²) in [6.45, 7) is 1.96. The number of rotatable bonds is 2. The predicted molar refractivity (Wildman–Crippen MR) is 75.3 cm³/mol. The fourth-order valence-corrected chi connectivity index (χ4v) is 2.24. The van der Waals surface area contributed by atoms with E-state index >= 15 is 0 Å². The van der Waals surface area contributed by atoms with Crippen molar-refractivity contribution in [3.63, 3.8) is 0 Å². The van der Waals surface area contributed by atoms with E-state index in [0.29, 0.717) is 22.8 Å². The van der Waals surface area contributed by atoms with E-state index in [2.05, 4.69) is 25.7 Å². The van der Waals surface area contributed by atoms with E-state index in [1.807, 2.05) is 12.1 Å². The number of nitrogens with zero attached hydrogens (tertiary/aromatic N) is 5. The molecule has 1 aromatic heterocycles. The first-order valence-corrected chi connectivity index (χ1v) is 6.47. The van der Waals surface area contributed by atoms with Crippen LogP contribution in [0.4, 0.5) is 5.95 Å². The van der Waals surface area contributed by atoms with Gasteiger partial charge in [-0.05, 0) is 35.9 Å². The molecular weight excluding hydrogens is 288 g/mol. The molecule has 110 valence electrons. The van der Waals surface area contributed by atoms with Crippen LogP contribution in [0.1, 0.15) is 12.5 Å². The topological polar surface area (TPSA) is 106 Å². The Balaban J connectivity index is 1.68. The molecule has 9 heteroatoms. The number of hydrogen-bond donors (Lipinski definition) is 1. The van der Waals surface area contributed by atoms with Crippen molar-refractivity contribution in [3.05, 3.63) is 29.3 Å². The van der Waals surface area contributed by atoms with Gasteiger partial charge in [0.15, 0.2) is 11.5 Å². The molecule has 0 aliphatic carbocycles. The number of H-pyrrole nitrogens is 1. The fraction of sp³-hybridized carbons (Fsp3) is 0.154. The molecule has 0 fully saturated rings. The van der Waals surface area contributed by atoms with Crippen molar-refractivity contribution in [2.45, 2.75) is 6.92 Å². The number of aromatic nitrogens is 4. The molecule has 0 saturated heterocycles. The number of ether oxygens (including phenoxy) is 2. The SMILES string of the molecule is CC1=NN(c2nn[nH]n2)C(=O)C1=Cc1ccc2c(c1)OCO2. The van der Waals surface area contributed by atoms with E-state index in [1.54, 1.807) is 19.1 Å². The van der Waals surface area contributed by atoms with E-state index < -0.39 is 0 Å². The summed E-state index contributed by atoms with van der Waals surface area (Å²) in [5.74, 6) is 1.15. The summed E-state index contributed by atoms with van der Waals surface area (Å²) in [5.41, 5.74) is 1.85. The molecule has 0 atom stereocenters. The van der Waals surface area contributed by atoms with Crippen molar-refractivity contribution >= 4 is 23.6 Å². The number of tetrazole rings is 1. The van der Waals surface area contributed by atoms with Crippen LogP contribution in [-0.2, 0) is 4.79 Å². The molecule has 2 aromatic rings. The minimum Gasteiger partial charge on any atom is -0.454 e. The van der Waals surface area contributed by atoms with Crippen LogP contribution in [0.15, 0.2) is 28.9 Å². The number of fused-ring (bicyclic) bond motifs is 1. The molecule has 1 aromatic carbocycles. The van der Waals surface area contributed by atoms with Crippen molar-refractivity contribution in [1.82, 2.24) is 20.6 Å². The van der Waals surface area contributed by atoms with Gasteiger partial charge in [-0.15, -0.1) is 5.10 Å². The third kappa shape index (κ3) is 1.91. The Labute approximate surface area is 124 Å². The lowest BCUT2D eigenvalue weighted by Crippen LogP contribution is -2.22. The van der Waals surface area contributed by atoms with Crippen molar-refractivity contribution < 1.29 is 14.3 Å². The average molecular weight is 298 g/mol. The van der Waals surface area contributed by atoms with Gasteiger partial charge in [0.05, 0.1) is 11.3 Å². The van der Waals surface area contributed by atoms with E-state index in [1.165, 1.54) is 0 Å². The summed E-state index contributed by atoms with van der Waals surface area (Å²) in [5, 5.41) is 18.5. The molecule has 2 aliphatic rings. The maximum absolute atomic E-state index is 12.4. The lowest BCUT2D eigenvalue weighted by molar-refractivity contribution is -0.114. The van der Waals surface area contributed by atoms with Crippen molar-refractivity contribution in [2.75, 3.05) is 11.8 Å². The van der Waals surface area contributed by atoms with Crippen LogP contribution < -0.4 is 14.5 Å². The van der Waals surface area contributed by atoms with Crippen molar-refractivity contribution in [1.29, 1.82) is 0 Å². The van der Waals surface area contributed by atoms with Gasteiger partial charge in [0.2, 0.25) is 6.79 Å². The average Bonchev–Trinajstić information content (AvgIpc) is 3.23. The van der Waals surface area contributed by atoms with E-state index in [4.69, 9.17) is 9.47 Å². The van der Waals surface area contributed by atoms with Crippen LogP contribution in [0, 0.1) is 0 Å². The molecule has 0 unspecified atom stereocenters. The second-order valence-electron chi connectivity index (χ2n) is 4.68. The van der Waals surface area contributed by atoms with Gasteiger partial charge in [-0.3, -0.25) is 4.79 Å². The highest BCUT2D eigenvalue weighted by atomic mass is 16.7. The zero-order chi connectivity index (χ0) is 15.1. The van der Waals surface area contributed by atoms with Gasteiger partial charge in [0.1, 0.15) is 0 Å². The summed E-state index contributed by atoms with van der Waals surface area (Å²) in [7, 11) is 0. The van der Waals surface area contributed by atoms with Gasteiger partial charge in [-0.2, -0.15) is 15.3 Å². The molecule has 4 rings (SSSR count). The normalized spacial score (nSPS) is 18.2. The van der Waals surface area contributed by atoms with Crippen LogP contribution >= 0.6 is 0 Å². The van der Waals surface area contributed by atoms with E-state index in [-0.39, 0.29) is 18.6 Å². The molecule has 1 amide bonds. The lowest BCUT2D eigenvalue weighted by Gasteiger charge is -2.04. The highest BCUT2D eigenvalue weighted by Gasteiger charge is 2.31. The number of hydrazone groups is 1. The van der Waals surface area contributed by atoms with Crippen LogP contribution in [0.2, 0.25) is 0 Å². The molecule has 0 radical (unpaired) electrons. The number of aromatic amines is 1. The molecule has 2 aliphatic heterocycles. The number of carbonyl (C=O) groups excluding carboxylic acids is 1. The highest BCUT2D eigenvalue weighted by Crippen LogP contribution is 2.33. The summed E-state index contributed by atoms with van der Waals surface area (Å²) in [6.07, 6.45) is 1.74. The van der Waals surface area contributed by atoms with Gasteiger partial charge in [-0.25, -0.2) is 0 Å². The van der Waals surface area contributed by atoms with Crippen LogP contribution in [0.25, 0.3) is 6.08 Å². The molecule has 22 heavy (non-hydrogen) atoms. The lowest BCUT2D eigenvalue weighted by atomic mass is 10.1.